The molecule has 1 fully saturated rings. The summed E-state index contributed by atoms with van der Waals surface area (Å²) >= 11 is 2.22. The lowest BCUT2D eigenvalue weighted by Gasteiger charge is -2.16. The van der Waals surface area contributed by atoms with E-state index < -0.39 is 30.4 Å². The van der Waals surface area contributed by atoms with Crippen LogP contribution in [-0.2, 0) is 16.1 Å². The van der Waals surface area contributed by atoms with Crippen molar-refractivity contribution < 1.29 is 24.2 Å². The van der Waals surface area contributed by atoms with Crippen LogP contribution in [0, 0.1) is 15.4 Å². The molecule has 4 heterocycles. The smallest absolute Gasteiger partial charge is 0.297 e. The molecule has 4 N–H and O–H groups in total. The molecule has 13 nitrogen and oxygen atoms in total. The summed E-state index contributed by atoms with van der Waals surface area (Å²) in [5.74, 6) is 6.12. The summed E-state index contributed by atoms with van der Waals surface area (Å²) in [7, 11) is 5.16. The van der Waals surface area contributed by atoms with E-state index in [4.69, 9.17) is 9.15 Å². The normalized spacial score (nSPS) is 19.8. The molecule has 6 rings (SSSR count). The lowest BCUT2D eigenvalue weighted by atomic mass is 10.1. The van der Waals surface area contributed by atoms with Gasteiger partial charge in [-0.15, -0.1) is 0 Å². The van der Waals surface area contributed by atoms with Crippen molar-refractivity contribution in [3.05, 3.63) is 69.3 Å². The Bertz CT molecular complexity index is 1880. The number of benzene rings is 2. The van der Waals surface area contributed by atoms with Crippen LogP contribution < -0.4 is 15.5 Å². The van der Waals surface area contributed by atoms with Crippen LogP contribution in [0.5, 0.6) is 0 Å². The zero-order valence-corrected chi connectivity index (χ0v) is 25.5. The average Bonchev–Trinajstić information content (AvgIpc) is 3.71. The van der Waals surface area contributed by atoms with Gasteiger partial charge in [0.1, 0.15) is 17.7 Å². The number of hydrogen-bond donors (Lipinski definition) is 4. The number of oxazole rings is 1. The van der Waals surface area contributed by atoms with Crippen LogP contribution in [0.2, 0.25) is 0 Å². The van der Waals surface area contributed by atoms with Gasteiger partial charge in [0.05, 0.1) is 9.90 Å². The van der Waals surface area contributed by atoms with E-state index in [-0.39, 0.29) is 5.82 Å². The fourth-order valence-corrected chi connectivity index (χ4v) is 5.48. The fourth-order valence-electron chi connectivity index (χ4n) is 4.69. The second-order valence-electron chi connectivity index (χ2n) is 10.0. The third-order valence-corrected chi connectivity index (χ3v) is 7.67. The van der Waals surface area contributed by atoms with Crippen molar-refractivity contribution in [3.8, 4) is 11.8 Å². The zero-order chi connectivity index (χ0) is 30.2. The molecule has 14 heteroatoms. The van der Waals surface area contributed by atoms with E-state index in [0.717, 1.165) is 20.2 Å². The summed E-state index contributed by atoms with van der Waals surface area (Å²) in [6.45, 7) is 0.376. The van der Waals surface area contributed by atoms with Gasteiger partial charge in [0.15, 0.2) is 34.9 Å². The van der Waals surface area contributed by atoms with E-state index in [1.54, 1.807) is 4.90 Å². The van der Waals surface area contributed by atoms with Crippen LogP contribution >= 0.6 is 22.6 Å². The standard InChI is InChI=1S/C29H27IN8O5/c1-31-27(41)24-21(39)22(40)28(42-24)38-14-33-20-25(35-19(36-26(20)38)10-9-15-7-5-4-6-8-15)32-13-16-11-17(30)23-18(12-16)34-29(43-23)37(2)3/h4-8,11-12,14,21-22,24,28,39-40H,13H2,1-3H3,(H,31,41)(H,32,35,36)/t21-,22+,24-,28+/m0/s1. The van der Waals surface area contributed by atoms with Crippen molar-refractivity contribution in [2.75, 3.05) is 31.4 Å². The van der Waals surface area contributed by atoms with Crippen molar-refractivity contribution in [2.45, 2.75) is 31.1 Å². The Hall–Kier alpha value is -4.30. The van der Waals surface area contributed by atoms with Crippen LogP contribution in [0.3, 0.4) is 0 Å². The van der Waals surface area contributed by atoms with Gasteiger partial charge in [-0.25, -0.2) is 15.0 Å². The Morgan fingerprint density at radius 3 is 2.65 bits per heavy atom. The second-order valence-corrected chi connectivity index (χ2v) is 11.2. The predicted octanol–water partition coefficient (Wildman–Crippen LogP) is 2.02. The maximum Gasteiger partial charge on any atom is 0.297 e. The maximum atomic E-state index is 12.2. The van der Waals surface area contributed by atoms with E-state index in [0.29, 0.717) is 35.1 Å². The number of hydrogen-bond acceptors (Lipinski definition) is 11. The molecule has 2 aromatic carbocycles. The quantitative estimate of drug-likeness (QED) is 0.152. The molecule has 1 aliphatic heterocycles. The third-order valence-electron chi connectivity index (χ3n) is 6.87. The Morgan fingerprint density at radius 2 is 1.91 bits per heavy atom. The molecule has 0 radical (unpaired) electrons. The molecular formula is C29H27IN8O5. The summed E-state index contributed by atoms with van der Waals surface area (Å²) in [4.78, 5) is 32.4. The second kappa shape index (κ2) is 11.8. The predicted molar refractivity (Wildman–Crippen MR) is 166 cm³/mol. The first-order valence-corrected chi connectivity index (χ1v) is 14.4. The number of imidazole rings is 1. The highest BCUT2D eigenvalue weighted by Crippen LogP contribution is 2.33. The molecule has 5 aromatic rings. The van der Waals surface area contributed by atoms with Crippen LogP contribution in [0.4, 0.5) is 11.8 Å². The number of carbonyl (C=O) groups is 1. The molecule has 4 atom stereocenters. The SMILES string of the molecule is CNC(=O)[C@H]1O[C@@H](n2cnc3c(NCc4cc(I)c5oc(N(C)C)nc5c4)nc(C#Cc4ccccc4)nc32)[C@H](O)[C@@H]1O. The number of carbonyl (C=O) groups excluding carboxylic acids is 1. The first-order valence-electron chi connectivity index (χ1n) is 13.3. The molecule has 43 heavy (non-hydrogen) atoms. The Labute approximate surface area is 259 Å². The number of aromatic nitrogens is 5. The molecule has 0 spiro atoms. The fraction of sp³-hybridized carbons (Fsp3) is 0.276. The largest absolute Gasteiger partial charge is 0.422 e. The van der Waals surface area contributed by atoms with E-state index in [1.165, 1.54) is 17.9 Å². The summed E-state index contributed by atoms with van der Waals surface area (Å²) in [5.41, 5.74) is 3.86. The number of ether oxygens (including phenoxy) is 1. The summed E-state index contributed by atoms with van der Waals surface area (Å²) in [6, 6.07) is 13.9. The molecule has 1 amide bonds. The van der Waals surface area contributed by atoms with Gasteiger partial charge >= 0.3 is 0 Å². The number of anilines is 2. The van der Waals surface area contributed by atoms with Crippen LogP contribution in [0.15, 0.2) is 53.2 Å². The topological polar surface area (TPSA) is 164 Å². The molecule has 3 aromatic heterocycles. The maximum absolute atomic E-state index is 12.2. The molecule has 1 aliphatic rings. The molecule has 220 valence electrons. The summed E-state index contributed by atoms with van der Waals surface area (Å²) in [6.07, 6.45) is -3.81. The monoisotopic (exact) mass is 694 g/mol. The molecule has 1 saturated heterocycles. The number of fused-ring (bicyclic) bond motifs is 2. The molecule has 0 unspecified atom stereocenters. The van der Waals surface area contributed by atoms with Gasteiger partial charge < -0.3 is 34.9 Å². The first-order chi connectivity index (χ1) is 20.7. The van der Waals surface area contributed by atoms with Gasteiger partial charge in [-0.3, -0.25) is 9.36 Å². The third kappa shape index (κ3) is 5.59. The Morgan fingerprint density at radius 1 is 1.12 bits per heavy atom. The molecule has 0 saturated carbocycles. The van der Waals surface area contributed by atoms with Crippen LogP contribution in [-0.4, -0.2) is 80.1 Å². The van der Waals surface area contributed by atoms with Crippen LogP contribution in [0.1, 0.15) is 23.2 Å². The van der Waals surface area contributed by atoms with Crippen molar-refractivity contribution in [2.24, 2.45) is 0 Å². The van der Waals surface area contributed by atoms with E-state index in [1.807, 2.05) is 56.6 Å². The van der Waals surface area contributed by atoms with Crippen molar-refractivity contribution in [1.29, 1.82) is 0 Å². The van der Waals surface area contributed by atoms with Gasteiger partial charge in [-0.1, -0.05) is 24.1 Å². The Balaban J connectivity index is 1.38. The lowest BCUT2D eigenvalue weighted by Crippen LogP contribution is -2.41. The van der Waals surface area contributed by atoms with E-state index >= 15 is 0 Å². The van der Waals surface area contributed by atoms with Crippen molar-refractivity contribution in [1.82, 2.24) is 29.8 Å². The minimum atomic E-state index is -1.44. The summed E-state index contributed by atoms with van der Waals surface area (Å²) in [5, 5.41) is 27.1. The Kier molecular flexibility index (Phi) is 7.88. The van der Waals surface area contributed by atoms with Gasteiger partial charge in [0, 0.05) is 33.3 Å². The van der Waals surface area contributed by atoms with Gasteiger partial charge in [0.25, 0.3) is 11.9 Å². The number of nitrogens with one attached hydrogen (secondary N) is 2. The van der Waals surface area contributed by atoms with Crippen molar-refractivity contribution >= 4 is 62.6 Å². The van der Waals surface area contributed by atoms with Gasteiger partial charge in [-0.05, 0) is 58.3 Å². The first kappa shape index (κ1) is 28.8. The lowest BCUT2D eigenvalue weighted by molar-refractivity contribution is -0.137. The number of aliphatic hydroxyl groups is 2. The average molecular weight is 694 g/mol. The number of nitrogens with zero attached hydrogens (tertiary/aromatic N) is 6. The van der Waals surface area contributed by atoms with Gasteiger partial charge in [0.2, 0.25) is 5.82 Å². The highest BCUT2D eigenvalue weighted by atomic mass is 127. The zero-order valence-electron chi connectivity index (χ0n) is 23.3. The molecule has 0 bridgehead atoms. The van der Waals surface area contributed by atoms with E-state index in [2.05, 4.69) is 65.0 Å². The molecular weight excluding hydrogens is 667 g/mol. The highest BCUT2D eigenvalue weighted by Gasteiger charge is 2.47. The minimum Gasteiger partial charge on any atom is -0.422 e. The van der Waals surface area contributed by atoms with E-state index in [9.17, 15) is 15.0 Å². The molecule has 0 aliphatic carbocycles. The highest BCUT2D eigenvalue weighted by molar-refractivity contribution is 14.1. The number of halogens is 1. The van der Waals surface area contributed by atoms with Gasteiger partial charge in [-0.2, -0.15) is 4.98 Å². The number of aliphatic hydroxyl groups excluding tert-OH is 2. The number of amides is 1. The van der Waals surface area contributed by atoms with Crippen molar-refractivity contribution in [3.63, 3.8) is 0 Å². The number of rotatable bonds is 6. The number of likely N-dealkylation sites (N-methyl/N-ethyl adjacent to an activating group) is 1. The summed E-state index contributed by atoms with van der Waals surface area (Å²) < 4.78 is 14.0. The van der Waals surface area contributed by atoms with Crippen LogP contribution in [0.25, 0.3) is 22.3 Å². The minimum absolute atomic E-state index is 0.202.